The average molecular weight is 278 g/mol. The molecule has 0 radical (unpaired) electrons. The van der Waals surface area contributed by atoms with E-state index in [1.54, 1.807) is 17.4 Å². The van der Waals surface area contributed by atoms with Crippen molar-refractivity contribution in [2.45, 2.75) is 19.3 Å². The molecule has 1 aromatic heterocycles. The highest BCUT2D eigenvalue weighted by Gasteiger charge is 2.20. The van der Waals surface area contributed by atoms with Gasteiger partial charge in [0.05, 0.1) is 0 Å². The minimum absolute atomic E-state index is 0.153. The minimum Gasteiger partial charge on any atom is -0.339 e. The van der Waals surface area contributed by atoms with Gasteiger partial charge in [0, 0.05) is 24.0 Å². The van der Waals surface area contributed by atoms with E-state index in [1.165, 1.54) is 6.42 Å². The monoisotopic (exact) mass is 278 g/mol. The number of thiophene rings is 1. The Morgan fingerprint density at radius 2 is 2.32 bits per heavy atom. The van der Waals surface area contributed by atoms with Gasteiger partial charge in [-0.15, -0.1) is 11.3 Å². The van der Waals surface area contributed by atoms with Crippen molar-refractivity contribution in [3.63, 3.8) is 0 Å². The minimum atomic E-state index is 0.153. The predicted octanol–water partition coefficient (Wildman–Crippen LogP) is 2.61. The molecule has 0 bridgehead atoms. The molecule has 19 heavy (non-hydrogen) atoms. The van der Waals surface area contributed by atoms with Gasteiger partial charge in [0.2, 0.25) is 5.91 Å². The van der Waals surface area contributed by atoms with E-state index in [-0.39, 0.29) is 5.91 Å². The van der Waals surface area contributed by atoms with Crippen LogP contribution in [0.2, 0.25) is 0 Å². The summed E-state index contributed by atoms with van der Waals surface area (Å²) < 4.78 is 0. The van der Waals surface area contributed by atoms with Crippen molar-refractivity contribution in [1.82, 2.24) is 10.2 Å². The molecule has 1 aromatic rings. The zero-order chi connectivity index (χ0) is 13.5. The highest BCUT2D eigenvalue weighted by Crippen LogP contribution is 2.20. The third-order valence-corrected chi connectivity index (χ3v) is 4.50. The standard InChI is InChI=1S/C15H22N2OS/c1-16-9-6-13-7-10-17(11-8-13)15(18)5-4-14-3-2-12-19-14/h2-5,12-13,16H,6-11H2,1H3. The lowest BCUT2D eigenvalue weighted by Gasteiger charge is -2.31. The Morgan fingerprint density at radius 3 is 2.95 bits per heavy atom. The van der Waals surface area contributed by atoms with Crippen molar-refractivity contribution in [3.05, 3.63) is 28.5 Å². The molecule has 1 N–H and O–H groups in total. The molecule has 4 heteroatoms. The fourth-order valence-corrected chi connectivity index (χ4v) is 3.05. The first kappa shape index (κ1) is 14.3. The van der Waals surface area contributed by atoms with Crippen LogP contribution < -0.4 is 5.32 Å². The van der Waals surface area contributed by atoms with Gasteiger partial charge in [-0.1, -0.05) is 6.07 Å². The summed E-state index contributed by atoms with van der Waals surface area (Å²) in [6.07, 6.45) is 7.13. The van der Waals surface area contributed by atoms with Crippen molar-refractivity contribution >= 4 is 23.3 Å². The average Bonchev–Trinajstić information content (AvgIpc) is 2.96. The first-order valence-corrected chi connectivity index (χ1v) is 7.82. The zero-order valence-electron chi connectivity index (χ0n) is 11.5. The SMILES string of the molecule is CNCCC1CCN(C(=O)C=Cc2cccs2)CC1. The Kier molecular flexibility index (Phi) is 5.61. The Labute approximate surface area is 119 Å². The van der Waals surface area contributed by atoms with Crippen LogP contribution in [0.15, 0.2) is 23.6 Å². The number of hydrogen-bond donors (Lipinski definition) is 1. The number of likely N-dealkylation sites (tertiary alicyclic amines) is 1. The fourth-order valence-electron chi connectivity index (χ4n) is 2.44. The molecule has 0 aromatic carbocycles. The lowest BCUT2D eigenvalue weighted by molar-refractivity contribution is -0.127. The number of nitrogens with zero attached hydrogens (tertiary/aromatic N) is 1. The molecule has 0 saturated carbocycles. The summed E-state index contributed by atoms with van der Waals surface area (Å²) in [6.45, 7) is 2.89. The highest BCUT2D eigenvalue weighted by molar-refractivity contribution is 7.10. The van der Waals surface area contributed by atoms with Gasteiger partial charge in [0.15, 0.2) is 0 Å². The van der Waals surface area contributed by atoms with E-state index in [2.05, 4.69) is 5.32 Å². The zero-order valence-corrected chi connectivity index (χ0v) is 12.3. The van der Waals surface area contributed by atoms with Gasteiger partial charge in [-0.05, 0) is 56.3 Å². The van der Waals surface area contributed by atoms with Crippen molar-refractivity contribution in [3.8, 4) is 0 Å². The normalized spacial score (nSPS) is 17.2. The summed E-state index contributed by atoms with van der Waals surface area (Å²) in [5, 5.41) is 5.22. The Morgan fingerprint density at radius 1 is 1.53 bits per heavy atom. The first-order chi connectivity index (χ1) is 9.29. The molecule has 1 aliphatic heterocycles. The number of carbonyl (C=O) groups excluding carboxylic acids is 1. The quantitative estimate of drug-likeness (QED) is 0.840. The molecular formula is C15H22N2OS. The van der Waals surface area contributed by atoms with E-state index in [1.807, 2.05) is 35.5 Å². The molecule has 0 atom stereocenters. The second-order valence-corrected chi connectivity index (χ2v) is 5.99. The van der Waals surface area contributed by atoms with Crippen molar-refractivity contribution in [2.75, 3.05) is 26.7 Å². The van der Waals surface area contributed by atoms with Crippen molar-refractivity contribution in [1.29, 1.82) is 0 Å². The predicted molar refractivity (Wildman–Crippen MR) is 81.2 cm³/mol. The Hall–Kier alpha value is -1.13. The number of nitrogens with one attached hydrogen (secondary N) is 1. The summed E-state index contributed by atoms with van der Waals surface area (Å²) in [5.74, 6) is 0.929. The molecule has 2 heterocycles. The van der Waals surface area contributed by atoms with Gasteiger partial charge in [0.25, 0.3) is 0 Å². The fraction of sp³-hybridized carbons (Fsp3) is 0.533. The number of piperidine rings is 1. The van der Waals surface area contributed by atoms with Gasteiger partial charge < -0.3 is 10.2 Å². The van der Waals surface area contributed by atoms with Crippen LogP contribution in [0.4, 0.5) is 0 Å². The van der Waals surface area contributed by atoms with Crippen LogP contribution >= 0.6 is 11.3 Å². The van der Waals surface area contributed by atoms with Crippen LogP contribution in [-0.2, 0) is 4.79 Å². The second kappa shape index (κ2) is 7.46. The van der Waals surface area contributed by atoms with Crippen LogP contribution in [0, 0.1) is 5.92 Å². The first-order valence-electron chi connectivity index (χ1n) is 6.94. The van der Waals surface area contributed by atoms with Gasteiger partial charge >= 0.3 is 0 Å². The highest BCUT2D eigenvalue weighted by atomic mass is 32.1. The van der Waals surface area contributed by atoms with E-state index in [4.69, 9.17) is 0 Å². The molecule has 0 aliphatic carbocycles. The topological polar surface area (TPSA) is 32.3 Å². The lowest BCUT2D eigenvalue weighted by Crippen LogP contribution is -2.38. The number of carbonyl (C=O) groups is 1. The van der Waals surface area contributed by atoms with Gasteiger partial charge in [0.1, 0.15) is 0 Å². The maximum absolute atomic E-state index is 12.0. The molecule has 1 fully saturated rings. The number of amides is 1. The smallest absolute Gasteiger partial charge is 0.246 e. The van der Waals surface area contributed by atoms with Gasteiger partial charge in [-0.3, -0.25) is 4.79 Å². The molecule has 1 saturated heterocycles. The summed E-state index contributed by atoms with van der Waals surface area (Å²) in [5.41, 5.74) is 0. The summed E-state index contributed by atoms with van der Waals surface area (Å²) in [6, 6.07) is 4.03. The van der Waals surface area contributed by atoms with Crippen LogP contribution in [0.3, 0.4) is 0 Å². The van der Waals surface area contributed by atoms with Crippen LogP contribution in [-0.4, -0.2) is 37.5 Å². The summed E-state index contributed by atoms with van der Waals surface area (Å²) >= 11 is 1.66. The summed E-state index contributed by atoms with van der Waals surface area (Å²) in [7, 11) is 1.99. The third kappa shape index (κ3) is 4.48. The van der Waals surface area contributed by atoms with E-state index in [9.17, 15) is 4.79 Å². The number of hydrogen-bond acceptors (Lipinski definition) is 3. The van der Waals surface area contributed by atoms with Crippen LogP contribution in [0.25, 0.3) is 6.08 Å². The van der Waals surface area contributed by atoms with Gasteiger partial charge in [-0.25, -0.2) is 0 Å². The van der Waals surface area contributed by atoms with Crippen molar-refractivity contribution in [2.24, 2.45) is 5.92 Å². The maximum atomic E-state index is 12.0. The molecule has 1 amide bonds. The largest absolute Gasteiger partial charge is 0.339 e. The second-order valence-electron chi connectivity index (χ2n) is 5.01. The number of rotatable bonds is 5. The molecule has 0 spiro atoms. The van der Waals surface area contributed by atoms with E-state index < -0.39 is 0 Å². The molecule has 0 unspecified atom stereocenters. The van der Waals surface area contributed by atoms with Gasteiger partial charge in [-0.2, -0.15) is 0 Å². The molecular weight excluding hydrogens is 256 g/mol. The van der Waals surface area contributed by atoms with E-state index in [0.29, 0.717) is 0 Å². The van der Waals surface area contributed by atoms with E-state index >= 15 is 0 Å². The molecule has 2 rings (SSSR count). The summed E-state index contributed by atoms with van der Waals surface area (Å²) in [4.78, 5) is 15.2. The molecule has 1 aliphatic rings. The molecule has 3 nitrogen and oxygen atoms in total. The van der Waals surface area contributed by atoms with E-state index in [0.717, 1.165) is 43.3 Å². The van der Waals surface area contributed by atoms with Crippen molar-refractivity contribution < 1.29 is 4.79 Å². The van der Waals surface area contributed by atoms with Crippen LogP contribution in [0.5, 0.6) is 0 Å². The Balaban J connectivity index is 1.76. The van der Waals surface area contributed by atoms with Crippen LogP contribution in [0.1, 0.15) is 24.1 Å². The Bertz CT molecular complexity index is 406. The maximum Gasteiger partial charge on any atom is 0.246 e. The lowest BCUT2D eigenvalue weighted by atomic mass is 9.93. The molecule has 104 valence electrons. The third-order valence-electron chi connectivity index (χ3n) is 3.66.